The van der Waals surface area contributed by atoms with Crippen molar-refractivity contribution in [3.05, 3.63) is 0 Å². The summed E-state index contributed by atoms with van der Waals surface area (Å²) in [5.41, 5.74) is 4.94. The first-order chi connectivity index (χ1) is 8.83. The third-order valence-corrected chi connectivity index (χ3v) is 2.54. The maximum absolute atomic E-state index is 11.9. The molecule has 2 atom stereocenters. The SMILES string of the molecule is CCN(C(=O)N[C@@H](CC(N)=O)C(=O)O)C(C)COC. The molecule has 3 amide bonds. The highest BCUT2D eigenvalue weighted by atomic mass is 16.5. The number of rotatable bonds is 8. The Balaban J connectivity index is 4.68. The molecule has 0 bridgehead atoms. The average molecular weight is 275 g/mol. The lowest BCUT2D eigenvalue weighted by molar-refractivity contribution is -0.141. The number of nitrogens with two attached hydrogens (primary N) is 1. The first-order valence-electron chi connectivity index (χ1n) is 5.90. The van der Waals surface area contributed by atoms with Gasteiger partial charge in [-0.1, -0.05) is 0 Å². The van der Waals surface area contributed by atoms with Crippen molar-refractivity contribution in [2.75, 3.05) is 20.3 Å². The molecule has 0 aliphatic carbocycles. The van der Waals surface area contributed by atoms with Crippen molar-refractivity contribution in [2.45, 2.75) is 32.4 Å². The standard InChI is InChI=1S/C11H21N3O5/c1-4-14(7(2)6-19-3)11(18)13-8(10(16)17)5-9(12)15/h7-8H,4-6H2,1-3H3,(H2,12,15)(H,13,18)(H,16,17)/t7?,8-/m0/s1. The lowest BCUT2D eigenvalue weighted by atomic mass is 10.2. The van der Waals surface area contributed by atoms with E-state index >= 15 is 0 Å². The van der Waals surface area contributed by atoms with Crippen LogP contribution in [-0.2, 0) is 14.3 Å². The van der Waals surface area contributed by atoms with Gasteiger partial charge in [0.25, 0.3) is 0 Å². The Bertz CT molecular complexity index is 334. The number of primary amides is 1. The van der Waals surface area contributed by atoms with E-state index in [1.165, 1.54) is 12.0 Å². The van der Waals surface area contributed by atoms with Crippen LogP contribution in [0.15, 0.2) is 0 Å². The summed E-state index contributed by atoms with van der Waals surface area (Å²) in [6.45, 7) is 4.25. The Morgan fingerprint density at radius 2 is 2.00 bits per heavy atom. The Morgan fingerprint density at radius 3 is 2.37 bits per heavy atom. The summed E-state index contributed by atoms with van der Waals surface area (Å²) < 4.78 is 4.94. The van der Waals surface area contributed by atoms with Crippen LogP contribution in [0.1, 0.15) is 20.3 Å². The summed E-state index contributed by atoms with van der Waals surface area (Å²) >= 11 is 0. The van der Waals surface area contributed by atoms with Gasteiger partial charge in [0.15, 0.2) is 0 Å². The summed E-state index contributed by atoms with van der Waals surface area (Å²) in [7, 11) is 1.51. The van der Waals surface area contributed by atoms with Crippen LogP contribution in [0.4, 0.5) is 4.79 Å². The van der Waals surface area contributed by atoms with Gasteiger partial charge in [-0.3, -0.25) is 4.79 Å². The number of likely N-dealkylation sites (N-methyl/N-ethyl adjacent to an activating group) is 1. The van der Waals surface area contributed by atoms with Crippen molar-refractivity contribution in [3.63, 3.8) is 0 Å². The maximum atomic E-state index is 11.9. The summed E-state index contributed by atoms with van der Waals surface area (Å²) in [4.78, 5) is 35.0. The fraction of sp³-hybridized carbons (Fsp3) is 0.727. The van der Waals surface area contributed by atoms with Crippen LogP contribution in [0.25, 0.3) is 0 Å². The Labute approximate surface area is 111 Å². The van der Waals surface area contributed by atoms with Crippen molar-refractivity contribution >= 4 is 17.9 Å². The Morgan fingerprint density at radius 1 is 1.42 bits per heavy atom. The minimum atomic E-state index is -1.33. The van der Waals surface area contributed by atoms with Gasteiger partial charge in [0.1, 0.15) is 6.04 Å². The van der Waals surface area contributed by atoms with Gasteiger partial charge in [0.2, 0.25) is 5.91 Å². The quantitative estimate of drug-likeness (QED) is 0.545. The summed E-state index contributed by atoms with van der Waals surface area (Å²) in [6, 6.07) is -2.10. The van der Waals surface area contributed by atoms with E-state index in [9.17, 15) is 14.4 Å². The van der Waals surface area contributed by atoms with Crippen LogP contribution in [-0.4, -0.2) is 60.3 Å². The lowest BCUT2D eigenvalue weighted by Gasteiger charge is -2.28. The van der Waals surface area contributed by atoms with Crippen LogP contribution in [0.5, 0.6) is 0 Å². The second kappa shape index (κ2) is 8.30. The van der Waals surface area contributed by atoms with Gasteiger partial charge in [-0.15, -0.1) is 0 Å². The number of nitrogens with zero attached hydrogens (tertiary/aromatic N) is 1. The molecule has 0 aromatic heterocycles. The van der Waals surface area contributed by atoms with Gasteiger partial charge < -0.3 is 25.8 Å². The number of ether oxygens (including phenoxy) is 1. The van der Waals surface area contributed by atoms with E-state index in [4.69, 9.17) is 15.6 Å². The number of nitrogens with one attached hydrogen (secondary N) is 1. The normalized spacial score (nSPS) is 13.4. The van der Waals surface area contributed by atoms with Crippen LogP contribution in [0.3, 0.4) is 0 Å². The number of urea groups is 1. The summed E-state index contributed by atoms with van der Waals surface area (Å²) in [5.74, 6) is -2.09. The van der Waals surface area contributed by atoms with Gasteiger partial charge >= 0.3 is 12.0 Å². The van der Waals surface area contributed by atoms with Crippen molar-refractivity contribution in [1.82, 2.24) is 10.2 Å². The minimum Gasteiger partial charge on any atom is -0.480 e. The smallest absolute Gasteiger partial charge is 0.326 e. The van der Waals surface area contributed by atoms with Crippen molar-refractivity contribution in [1.29, 1.82) is 0 Å². The molecule has 0 radical (unpaired) electrons. The molecule has 0 spiro atoms. The Hall–Kier alpha value is -1.83. The molecule has 110 valence electrons. The molecule has 4 N–H and O–H groups in total. The van der Waals surface area contributed by atoms with Gasteiger partial charge in [-0.05, 0) is 13.8 Å². The van der Waals surface area contributed by atoms with Crippen molar-refractivity contribution in [3.8, 4) is 0 Å². The first-order valence-corrected chi connectivity index (χ1v) is 5.90. The van der Waals surface area contributed by atoms with Gasteiger partial charge in [-0.25, -0.2) is 9.59 Å². The number of hydrogen-bond acceptors (Lipinski definition) is 4. The molecule has 0 aromatic carbocycles. The fourth-order valence-corrected chi connectivity index (χ4v) is 1.62. The summed E-state index contributed by atoms with van der Waals surface area (Å²) in [5, 5.41) is 11.2. The number of hydrogen-bond donors (Lipinski definition) is 3. The van der Waals surface area contributed by atoms with Crippen molar-refractivity contribution < 1.29 is 24.2 Å². The molecule has 0 saturated heterocycles. The van der Waals surface area contributed by atoms with Crippen LogP contribution in [0, 0.1) is 0 Å². The molecule has 0 heterocycles. The van der Waals surface area contributed by atoms with E-state index in [-0.39, 0.29) is 6.04 Å². The van der Waals surface area contributed by atoms with E-state index in [1.54, 1.807) is 13.8 Å². The van der Waals surface area contributed by atoms with E-state index in [0.717, 1.165) is 0 Å². The van der Waals surface area contributed by atoms with Crippen LogP contribution in [0.2, 0.25) is 0 Å². The third-order valence-electron chi connectivity index (χ3n) is 2.54. The number of carboxylic acid groups (broad SMARTS) is 1. The topological polar surface area (TPSA) is 122 Å². The van der Waals surface area contributed by atoms with Gasteiger partial charge in [0, 0.05) is 13.7 Å². The zero-order chi connectivity index (χ0) is 15.0. The minimum absolute atomic E-state index is 0.210. The zero-order valence-electron chi connectivity index (χ0n) is 11.4. The van der Waals surface area contributed by atoms with Crippen molar-refractivity contribution in [2.24, 2.45) is 5.73 Å². The van der Waals surface area contributed by atoms with E-state index < -0.39 is 30.4 Å². The molecule has 0 aromatic rings. The molecule has 8 heteroatoms. The highest BCUT2D eigenvalue weighted by Crippen LogP contribution is 2.02. The number of amides is 3. The maximum Gasteiger partial charge on any atom is 0.326 e. The Kier molecular flexibility index (Phi) is 7.50. The number of carbonyl (C=O) groups excluding carboxylic acids is 2. The summed E-state index contributed by atoms with van der Waals surface area (Å²) in [6.07, 6.45) is -0.447. The number of aliphatic carboxylic acids is 1. The average Bonchev–Trinajstić information content (AvgIpc) is 2.28. The fourth-order valence-electron chi connectivity index (χ4n) is 1.62. The van der Waals surface area contributed by atoms with E-state index in [2.05, 4.69) is 5.32 Å². The molecular weight excluding hydrogens is 254 g/mol. The van der Waals surface area contributed by atoms with Gasteiger partial charge in [0.05, 0.1) is 19.1 Å². The molecular formula is C11H21N3O5. The number of carbonyl (C=O) groups is 3. The number of carboxylic acids is 1. The lowest BCUT2D eigenvalue weighted by Crippen LogP contribution is -2.52. The van der Waals surface area contributed by atoms with Crippen LogP contribution < -0.4 is 11.1 Å². The monoisotopic (exact) mass is 275 g/mol. The third kappa shape index (κ3) is 6.05. The molecule has 19 heavy (non-hydrogen) atoms. The molecule has 0 fully saturated rings. The molecule has 1 unspecified atom stereocenters. The molecule has 0 rings (SSSR count). The van der Waals surface area contributed by atoms with Crippen LogP contribution >= 0.6 is 0 Å². The number of methoxy groups -OCH3 is 1. The van der Waals surface area contributed by atoms with Gasteiger partial charge in [-0.2, -0.15) is 0 Å². The first kappa shape index (κ1) is 17.2. The second-order valence-electron chi connectivity index (χ2n) is 4.10. The highest BCUT2D eigenvalue weighted by Gasteiger charge is 2.26. The van der Waals surface area contributed by atoms with E-state index in [0.29, 0.717) is 13.2 Å². The second-order valence-corrected chi connectivity index (χ2v) is 4.10. The largest absolute Gasteiger partial charge is 0.480 e. The zero-order valence-corrected chi connectivity index (χ0v) is 11.4. The predicted molar refractivity (Wildman–Crippen MR) is 67.5 cm³/mol. The molecule has 8 nitrogen and oxygen atoms in total. The predicted octanol–water partition coefficient (Wildman–Crippen LogP) is -0.619. The molecule has 0 saturated carbocycles. The van der Waals surface area contributed by atoms with E-state index in [1.807, 2.05) is 0 Å². The molecule has 0 aliphatic heterocycles. The highest BCUT2D eigenvalue weighted by molar-refractivity contribution is 5.87. The molecule has 0 aliphatic rings.